The van der Waals surface area contributed by atoms with Gasteiger partial charge in [-0.1, -0.05) is 0 Å². The van der Waals surface area contributed by atoms with E-state index in [2.05, 4.69) is 5.32 Å². The highest BCUT2D eigenvalue weighted by Gasteiger charge is 2.31. The van der Waals surface area contributed by atoms with Crippen LogP contribution in [0.3, 0.4) is 0 Å². The van der Waals surface area contributed by atoms with Crippen LogP contribution in [0, 0.1) is 0 Å². The smallest absolute Gasteiger partial charge is 0.408 e. The summed E-state index contributed by atoms with van der Waals surface area (Å²) in [5.74, 6) is -0.724. The summed E-state index contributed by atoms with van der Waals surface area (Å²) in [5.41, 5.74) is -1.23. The molecule has 0 bridgehead atoms. The van der Waals surface area contributed by atoms with Crippen LogP contribution in [-0.4, -0.2) is 53.2 Å². The maximum absolute atomic E-state index is 12.6. The Bertz CT molecular complexity index is 434. The standard InChI is InChI=1S/C17H30N2O5/c1-16(2,3)23-13(20)11-19-10-8-7-9-12(14(19)21)18-15(22)24-17(4,5)6/h12H,7-11H2,1-6H3,(H,18,22)/t12-/m0/s1. The van der Waals surface area contributed by atoms with E-state index in [9.17, 15) is 14.4 Å². The number of esters is 1. The quantitative estimate of drug-likeness (QED) is 0.795. The second-order valence-corrected chi connectivity index (χ2v) is 8.04. The van der Waals surface area contributed by atoms with E-state index in [1.807, 2.05) is 0 Å². The third kappa shape index (κ3) is 7.66. The Morgan fingerprint density at radius 3 is 2.21 bits per heavy atom. The van der Waals surface area contributed by atoms with E-state index in [0.29, 0.717) is 13.0 Å². The van der Waals surface area contributed by atoms with Gasteiger partial charge in [0.1, 0.15) is 23.8 Å². The van der Waals surface area contributed by atoms with Gasteiger partial charge >= 0.3 is 12.1 Å². The molecule has 0 saturated carbocycles. The minimum Gasteiger partial charge on any atom is -0.459 e. The average Bonchev–Trinajstić information content (AvgIpc) is 2.49. The van der Waals surface area contributed by atoms with Crippen molar-refractivity contribution in [3.8, 4) is 0 Å². The molecule has 0 aromatic rings. The fraction of sp³-hybridized carbons (Fsp3) is 0.824. The SMILES string of the molecule is CC(C)(C)OC(=O)CN1CCCC[C@H](NC(=O)OC(C)(C)C)C1=O. The van der Waals surface area contributed by atoms with Crippen molar-refractivity contribution in [3.63, 3.8) is 0 Å². The van der Waals surface area contributed by atoms with Gasteiger partial charge in [0.2, 0.25) is 5.91 Å². The van der Waals surface area contributed by atoms with E-state index >= 15 is 0 Å². The van der Waals surface area contributed by atoms with Gasteiger partial charge in [0.05, 0.1) is 0 Å². The van der Waals surface area contributed by atoms with Gasteiger partial charge in [-0.25, -0.2) is 4.79 Å². The number of alkyl carbamates (subject to hydrolysis) is 1. The van der Waals surface area contributed by atoms with E-state index in [1.165, 1.54) is 4.90 Å². The largest absolute Gasteiger partial charge is 0.459 e. The lowest BCUT2D eigenvalue weighted by Crippen LogP contribution is -2.50. The monoisotopic (exact) mass is 342 g/mol. The minimum absolute atomic E-state index is 0.109. The molecule has 0 unspecified atom stereocenters. The van der Waals surface area contributed by atoms with E-state index in [0.717, 1.165) is 12.8 Å². The van der Waals surface area contributed by atoms with Crippen LogP contribution < -0.4 is 5.32 Å². The van der Waals surface area contributed by atoms with Gasteiger partial charge in [-0.2, -0.15) is 0 Å². The van der Waals surface area contributed by atoms with Gasteiger partial charge in [0.15, 0.2) is 0 Å². The predicted molar refractivity (Wildman–Crippen MR) is 89.4 cm³/mol. The van der Waals surface area contributed by atoms with Gasteiger partial charge in [-0.3, -0.25) is 9.59 Å². The van der Waals surface area contributed by atoms with Gasteiger partial charge in [-0.15, -0.1) is 0 Å². The average molecular weight is 342 g/mol. The zero-order valence-corrected chi connectivity index (χ0v) is 15.6. The number of ether oxygens (including phenoxy) is 2. The molecule has 0 aliphatic carbocycles. The first-order valence-corrected chi connectivity index (χ1v) is 8.37. The van der Waals surface area contributed by atoms with Crippen molar-refractivity contribution in [2.75, 3.05) is 13.1 Å². The summed E-state index contributed by atoms with van der Waals surface area (Å²) in [5, 5.41) is 2.61. The van der Waals surface area contributed by atoms with E-state index in [1.54, 1.807) is 41.5 Å². The fourth-order valence-electron chi connectivity index (χ4n) is 2.38. The lowest BCUT2D eigenvalue weighted by atomic mass is 10.1. The molecule has 1 rings (SSSR count). The van der Waals surface area contributed by atoms with Crippen LogP contribution in [0.2, 0.25) is 0 Å². The van der Waals surface area contributed by atoms with Crippen molar-refractivity contribution >= 4 is 18.0 Å². The maximum atomic E-state index is 12.6. The van der Waals surface area contributed by atoms with Gasteiger partial charge in [-0.05, 0) is 60.8 Å². The van der Waals surface area contributed by atoms with E-state index in [-0.39, 0.29) is 12.5 Å². The molecule has 0 radical (unpaired) electrons. The van der Waals surface area contributed by atoms with Gasteiger partial charge in [0.25, 0.3) is 0 Å². The van der Waals surface area contributed by atoms with Crippen molar-refractivity contribution in [1.82, 2.24) is 10.2 Å². The topological polar surface area (TPSA) is 84.9 Å². The number of nitrogens with one attached hydrogen (secondary N) is 1. The molecule has 24 heavy (non-hydrogen) atoms. The molecule has 1 atom stereocenters. The molecule has 1 aliphatic rings. The zero-order chi connectivity index (χ0) is 18.5. The summed E-state index contributed by atoms with van der Waals surface area (Å²) in [6.45, 7) is 11.0. The van der Waals surface area contributed by atoms with Crippen LogP contribution in [0.4, 0.5) is 4.79 Å². The molecule has 0 aromatic heterocycles. The molecule has 0 spiro atoms. The van der Waals surface area contributed by atoms with Crippen LogP contribution in [0.1, 0.15) is 60.8 Å². The Hall–Kier alpha value is -1.79. The highest BCUT2D eigenvalue weighted by atomic mass is 16.6. The first kappa shape index (κ1) is 20.3. The number of amides is 2. The Morgan fingerprint density at radius 2 is 1.67 bits per heavy atom. The van der Waals surface area contributed by atoms with Gasteiger partial charge < -0.3 is 19.7 Å². The molecule has 1 aliphatic heterocycles. The molecule has 0 aromatic carbocycles. The van der Waals surface area contributed by atoms with Crippen molar-refractivity contribution < 1.29 is 23.9 Å². The highest BCUT2D eigenvalue weighted by Crippen LogP contribution is 2.15. The second kappa shape index (κ2) is 7.85. The molecule has 2 amide bonds. The number of carbonyl (C=O) groups is 3. The number of hydrogen-bond acceptors (Lipinski definition) is 5. The Morgan fingerprint density at radius 1 is 1.08 bits per heavy atom. The van der Waals surface area contributed by atoms with Crippen LogP contribution in [-0.2, 0) is 19.1 Å². The fourth-order valence-corrected chi connectivity index (χ4v) is 2.38. The first-order chi connectivity index (χ1) is 10.9. The van der Waals surface area contributed by atoms with Crippen LogP contribution in [0.15, 0.2) is 0 Å². The molecular formula is C17H30N2O5. The van der Waals surface area contributed by atoms with E-state index in [4.69, 9.17) is 9.47 Å². The normalized spacial score (nSPS) is 19.5. The molecule has 7 heteroatoms. The molecule has 138 valence electrons. The van der Waals surface area contributed by atoms with Crippen molar-refractivity contribution in [2.45, 2.75) is 78.0 Å². The summed E-state index contributed by atoms with van der Waals surface area (Å²) in [4.78, 5) is 37.9. The van der Waals surface area contributed by atoms with Crippen molar-refractivity contribution in [2.24, 2.45) is 0 Å². The Balaban J connectivity index is 2.67. The lowest BCUT2D eigenvalue weighted by Gasteiger charge is -2.27. The van der Waals surface area contributed by atoms with Crippen molar-refractivity contribution in [1.29, 1.82) is 0 Å². The van der Waals surface area contributed by atoms with E-state index < -0.39 is 29.3 Å². The maximum Gasteiger partial charge on any atom is 0.408 e. The molecule has 1 saturated heterocycles. The summed E-state index contributed by atoms with van der Waals surface area (Å²) in [6.07, 6.45) is 1.47. The Kier molecular flexibility index (Phi) is 6.63. The Labute approximate surface area is 144 Å². The number of hydrogen-bond donors (Lipinski definition) is 1. The summed E-state index contributed by atoms with van der Waals surface area (Å²) >= 11 is 0. The summed E-state index contributed by atoms with van der Waals surface area (Å²) in [6, 6.07) is -0.676. The third-order valence-corrected chi connectivity index (χ3v) is 3.21. The van der Waals surface area contributed by atoms with Crippen LogP contribution >= 0.6 is 0 Å². The van der Waals surface area contributed by atoms with Crippen LogP contribution in [0.5, 0.6) is 0 Å². The summed E-state index contributed by atoms with van der Waals surface area (Å²) in [7, 11) is 0. The predicted octanol–water partition coefficient (Wildman–Crippen LogP) is 2.23. The first-order valence-electron chi connectivity index (χ1n) is 8.37. The highest BCUT2D eigenvalue weighted by molar-refractivity contribution is 5.88. The number of likely N-dealkylation sites (tertiary alicyclic amines) is 1. The van der Waals surface area contributed by atoms with Crippen LogP contribution in [0.25, 0.3) is 0 Å². The summed E-state index contributed by atoms with van der Waals surface area (Å²) < 4.78 is 10.5. The third-order valence-electron chi connectivity index (χ3n) is 3.21. The second-order valence-electron chi connectivity index (χ2n) is 8.04. The molecule has 1 heterocycles. The molecule has 7 nitrogen and oxygen atoms in total. The minimum atomic E-state index is -0.676. The lowest BCUT2D eigenvalue weighted by molar-refractivity contribution is -0.159. The van der Waals surface area contributed by atoms with Crippen molar-refractivity contribution in [3.05, 3.63) is 0 Å². The zero-order valence-electron chi connectivity index (χ0n) is 15.6. The van der Waals surface area contributed by atoms with Gasteiger partial charge in [0, 0.05) is 6.54 Å². The molecule has 1 N–H and O–H groups in total. The molecular weight excluding hydrogens is 312 g/mol. The number of rotatable bonds is 3. The molecule has 1 fully saturated rings. The number of nitrogens with zero attached hydrogens (tertiary/aromatic N) is 1. The number of carbonyl (C=O) groups excluding carboxylic acids is 3.